The van der Waals surface area contributed by atoms with E-state index < -0.39 is 8.32 Å². The molecule has 1 saturated heterocycles. The molecule has 2 atom stereocenters. The molecule has 1 saturated carbocycles. The van der Waals surface area contributed by atoms with E-state index in [0.717, 1.165) is 12.8 Å². The first-order chi connectivity index (χ1) is 11.6. The Labute approximate surface area is 154 Å². The van der Waals surface area contributed by atoms with Crippen molar-refractivity contribution in [2.24, 2.45) is 0 Å². The fourth-order valence-electron chi connectivity index (χ4n) is 3.93. The van der Waals surface area contributed by atoms with Crippen LogP contribution in [0.5, 0.6) is 0 Å². The maximum Gasteiger partial charge on any atom is 0.463 e. The Balaban J connectivity index is 1.76. The van der Waals surface area contributed by atoms with Crippen molar-refractivity contribution < 1.29 is 13.7 Å². The summed E-state index contributed by atoms with van der Waals surface area (Å²) in [5.74, 6) is 0.324. The average molecular weight is 360 g/mol. The van der Waals surface area contributed by atoms with Crippen LogP contribution in [0.25, 0.3) is 0 Å². The molecule has 1 aromatic rings. The van der Waals surface area contributed by atoms with Gasteiger partial charge in [0.15, 0.2) is 0 Å². The summed E-state index contributed by atoms with van der Waals surface area (Å²) in [6.07, 6.45) is 4.94. The van der Waals surface area contributed by atoms with Gasteiger partial charge in [-0.2, -0.15) is 0 Å². The van der Waals surface area contributed by atoms with Gasteiger partial charge >= 0.3 is 7.12 Å². The van der Waals surface area contributed by atoms with Crippen molar-refractivity contribution in [3.63, 3.8) is 0 Å². The molecule has 1 aliphatic heterocycles. The Kier molecular flexibility index (Phi) is 5.24. The Morgan fingerprint density at radius 3 is 2.12 bits per heavy atom. The van der Waals surface area contributed by atoms with Crippen molar-refractivity contribution in [2.45, 2.75) is 89.6 Å². The zero-order valence-corrected chi connectivity index (χ0v) is 17.7. The summed E-state index contributed by atoms with van der Waals surface area (Å²) in [6, 6.07) is 10.7. The fraction of sp³-hybridized carbons (Fsp3) is 0.700. The predicted octanol–water partition coefficient (Wildman–Crippen LogP) is 4.52. The van der Waals surface area contributed by atoms with E-state index in [-0.39, 0.29) is 24.4 Å². The van der Waals surface area contributed by atoms with E-state index in [1.807, 2.05) is 0 Å². The third-order valence-electron chi connectivity index (χ3n) is 6.29. The lowest BCUT2D eigenvalue weighted by Crippen LogP contribution is -2.50. The molecule has 0 N–H and O–H groups in total. The van der Waals surface area contributed by atoms with Crippen LogP contribution in [0.2, 0.25) is 18.9 Å². The van der Waals surface area contributed by atoms with Crippen LogP contribution in [0.15, 0.2) is 30.3 Å². The van der Waals surface area contributed by atoms with E-state index in [0.29, 0.717) is 5.82 Å². The monoisotopic (exact) mass is 360 g/mol. The summed E-state index contributed by atoms with van der Waals surface area (Å²) in [6.45, 7) is 13.1. The molecule has 1 aliphatic carbocycles. The van der Waals surface area contributed by atoms with Crippen molar-refractivity contribution in [1.29, 1.82) is 0 Å². The van der Waals surface area contributed by atoms with Gasteiger partial charge in [-0.1, -0.05) is 43.2 Å². The second kappa shape index (κ2) is 6.84. The maximum absolute atomic E-state index is 6.81. The van der Waals surface area contributed by atoms with Gasteiger partial charge in [0, 0.05) is 11.9 Å². The van der Waals surface area contributed by atoms with Gasteiger partial charge in [-0.25, -0.2) is 0 Å². The highest BCUT2D eigenvalue weighted by molar-refractivity contribution is 6.84. The van der Waals surface area contributed by atoms with E-state index in [1.54, 1.807) is 0 Å². The van der Waals surface area contributed by atoms with Crippen molar-refractivity contribution in [3.8, 4) is 0 Å². The number of benzene rings is 1. The van der Waals surface area contributed by atoms with E-state index in [2.05, 4.69) is 71.1 Å². The van der Waals surface area contributed by atoms with E-state index in [1.165, 1.54) is 18.0 Å². The van der Waals surface area contributed by atoms with Crippen LogP contribution in [0.3, 0.4) is 0 Å². The highest BCUT2D eigenvalue weighted by Crippen LogP contribution is 2.45. The molecule has 1 aromatic carbocycles. The van der Waals surface area contributed by atoms with Crippen LogP contribution in [-0.4, -0.2) is 32.7 Å². The minimum absolute atomic E-state index is 0.157. The van der Waals surface area contributed by atoms with Gasteiger partial charge in [-0.15, -0.1) is 0 Å². The molecule has 25 heavy (non-hydrogen) atoms. The van der Waals surface area contributed by atoms with E-state index in [4.69, 9.17) is 13.7 Å². The third-order valence-corrected chi connectivity index (χ3v) is 8.91. The van der Waals surface area contributed by atoms with Crippen LogP contribution in [0.1, 0.15) is 53.4 Å². The minimum atomic E-state index is -1.94. The van der Waals surface area contributed by atoms with Crippen LogP contribution in [-0.2, 0) is 13.7 Å². The van der Waals surface area contributed by atoms with Crippen molar-refractivity contribution >= 4 is 20.6 Å². The predicted molar refractivity (Wildman–Crippen MR) is 107 cm³/mol. The molecule has 3 nitrogen and oxygen atoms in total. The first kappa shape index (κ1) is 19.2. The topological polar surface area (TPSA) is 27.7 Å². The molecular formula is C20H33BO3Si. The average Bonchev–Trinajstić information content (AvgIpc) is 2.76. The Morgan fingerprint density at radius 1 is 0.960 bits per heavy atom. The Hall–Kier alpha value is -0.618. The first-order valence-corrected chi connectivity index (χ1v) is 12.6. The first-order valence-electron chi connectivity index (χ1n) is 9.71. The van der Waals surface area contributed by atoms with Gasteiger partial charge in [0.25, 0.3) is 0 Å². The molecule has 0 bridgehead atoms. The normalized spacial score (nSPS) is 29.0. The van der Waals surface area contributed by atoms with Gasteiger partial charge < -0.3 is 13.7 Å². The second-order valence-electron chi connectivity index (χ2n) is 9.11. The standard InChI is InChI=1S/C20H33BO3Si/c1-19(2)20(3,4)24-21(23-19)17-14-10-11-15-18(17)22-25(5,6)16-12-8-7-9-13-16/h7-9,12-13,17-18H,10-11,14-15H2,1-6H3/t17-,18-/m0/s1. The van der Waals surface area contributed by atoms with Gasteiger partial charge in [-0.3, -0.25) is 0 Å². The molecule has 138 valence electrons. The zero-order chi connectivity index (χ0) is 18.3. The Bertz CT molecular complexity index is 572. The SMILES string of the molecule is CC1(C)OB([C@H]2CCCC[C@@H]2O[Si](C)(C)c2ccccc2)OC1(C)C. The van der Waals surface area contributed by atoms with E-state index in [9.17, 15) is 0 Å². The summed E-state index contributed by atoms with van der Waals surface area (Å²) < 4.78 is 19.5. The Morgan fingerprint density at radius 2 is 1.52 bits per heavy atom. The van der Waals surface area contributed by atoms with E-state index >= 15 is 0 Å². The van der Waals surface area contributed by atoms with Crippen LogP contribution < -0.4 is 5.19 Å². The largest absolute Gasteiger partial charge is 0.463 e. The summed E-state index contributed by atoms with van der Waals surface area (Å²) in [7, 11) is -2.10. The van der Waals surface area contributed by atoms with Gasteiger partial charge in [0.2, 0.25) is 8.32 Å². The summed E-state index contributed by atoms with van der Waals surface area (Å²) in [5, 5.41) is 1.35. The van der Waals surface area contributed by atoms with Crippen LogP contribution in [0, 0.1) is 0 Å². The lowest BCUT2D eigenvalue weighted by Gasteiger charge is -2.38. The lowest BCUT2D eigenvalue weighted by atomic mass is 9.63. The number of hydrogen-bond acceptors (Lipinski definition) is 3. The summed E-state index contributed by atoms with van der Waals surface area (Å²) in [4.78, 5) is 0. The number of hydrogen-bond donors (Lipinski definition) is 0. The maximum atomic E-state index is 6.81. The van der Waals surface area contributed by atoms with Gasteiger partial charge in [0.1, 0.15) is 0 Å². The third kappa shape index (κ3) is 3.90. The van der Waals surface area contributed by atoms with Gasteiger partial charge in [-0.05, 0) is 58.8 Å². The smallest absolute Gasteiger partial charge is 0.410 e. The van der Waals surface area contributed by atoms with Crippen molar-refractivity contribution in [1.82, 2.24) is 0 Å². The molecule has 1 heterocycles. The van der Waals surface area contributed by atoms with Crippen LogP contribution >= 0.6 is 0 Å². The number of rotatable bonds is 4. The van der Waals surface area contributed by atoms with Crippen molar-refractivity contribution in [2.75, 3.05) is 0 Å². The molecule has 2 fully saturated rings. The highest BCUT2D eigenvalue weighted by Gasteiger charge is 2.55. The molecule has 0 aromatic heterocycles. The van der Waals surface area contributed by atoms with Crippen molar-refractivity contribution in [3.05, 3.63) is 30.3 Å². The molecule has 2 aliphatic rings. The lowest BCUT2D eigenvalue weighted by molar-refractivity contribution is 0.00578. The summed E-state index contributed by atoms with van der Waals surface area (Å²) in [5.41, 5.74) is -0.544. The van der Waals surface area contributed by atoms with Crippen LogP contribution in [0.4, 0.5) is 0 Å². The molecule has 5 heteroatoms. The molecule has 0 spiro atoms. The summed E-state index contributed by atoms with van der Waals surface area (Å²) >= 11 is 0. The fourth-order valence-corrected chi connectivity index (χ4v) is 6.11. The second-order valence-corrected chi connectivity index (χ2v) is 12.9. The minimum Gasteiger partial charge on any atom is -0.410 e. The molecular weight excluding hydrogens is 327 g/mol. The molecule has 3 rings (SSSR count). The van der Waals surface area contributed by atoms with Gasteiger partial charge in [0.05, 0.1) is 11.2 Å². The quantitative estimate of drug-likeness (QED) is 0.739. The molecule has 0 amide bonds. The molecule has 0 unspecified atom stereocenters. The highest BCUT2D eigenvalue weighted by atomic mass is 28.4. The zero-order valence-electron chi connectivity index (χ0n) is 16.7. The molecule has 0 radical (unpaired) electrons.